The average Bonchev–Trinajstić information content (AvgIpc) is 3.58. The molecule has 11 nitrogen and oxygen atoms in total. The SMILES string of the molecule is CCn1ncc(NC(=O)c2cnn3c(-c4ccc(C)cc4)ccnc23)c1C(=O)Nc1cnn(C)c1C. The lowest BCUT2D eigenvalue weighted by atomic mass is 10.1. The van der Waals surface area contributed by atoms with E-state index in [1.165, 1.54) is 17.1 Å². The number of fused-ring (bicyclic) bond motifs is 1. The van der Waals surface area contributed by atoms with Crippen molar-refractivity contribution in [3.05, 3.63) is 77.6 Å². The van der Waals surface area contributed by atoms with Crippen molar-refractivity contribution in [2.75, 3.05) is 10.6 Å². The van der Waals surface area contributed by atoms with Crippen molar-refractivity contribution in [1.82, 2.24) is 34.2 Å². The van der Waals surface area contributed by atoms with Crippen LogP contribution in [0.25, 0.3) is 16.9 Å². The molecule has 36 heavy (non-hydrogen) atoms. The summed E-state index contributed by atoms with van der Waals surface area (Å²) in [5.41, 5.74) is 5.51. The standard InChI is InChI=1S/C25H25N9O2/c1-5-33-22(25(36)30-19-13-27-32(4)16(19)3)20(14-28-33)31-24(35)18-12-29-34-21(10-11-26-23(18)34)17-8-6-15(2)7-9-17/h6-14H,5H2,1-4H3,(H,30,36)(H,31,35). The predicted octanol–water partition coefficient (Wildman–Crippen LogP) is 3.47. The van der Waals surface area contributed by atoms with E-state index >= 15 is 0 Å². The first kappa shape index (κ1) is 23.0. The van der Waals surface area contributed by atoms with E-state index < -0.39 is 11.8 Å². The van der Waals surface area contributed by atoms with E-state index in [9.17, 15) is 9.59 Å². The van der Waals surface area contributed by atoms with Gasteiger partial charge in [-0.15, -0.1) is 0 Å². The lowest BCUT2D eigenvalue weighted by Crippen LogP contribution is -2.21. The smallest absolute Gasteiger partial charge is 0.276 e. The second-order valence-electron chi connectivity index (χ2n) is 8.39. The molecule has 0 spiro atoms. The highest BCUT2D eigenvalue weighted by atomic mass is 16.2. The number of hydrogen-bond acceptors (Lipinski definition) is 6. The Hall–Kier alpha value is -4.80. The number of amides is 2. The zero-order valence-electron chi connectivity index (χ0n) is 20.4. The van der Waals surface area contributed by atoms with Crippen molar-refractivity contribution < 1.29 is 9.59 Å². The van der Waals surface area contributed by atoms with Gasteiger partial charge in [0.15, 0.2) is 5.65 Å². The summed E-state index contributed by atoms with van der Waals surface area (Å²) < 4.78 is 4.83. The minimum atomic E-state index is -0.444. The zero-order chi connectivity index (χ0) is 25.4. The number of nitrogens with zero attached hydrogens (tertiary/aromatic N) is 7. The third-order valence-corrected chi connectivity index (χ3v) is 6.08. The highest BCUT2D eigenvalue weighted by molar-refractivity contribution is 6.13. The molecule has 5 rings (SSSR count). The van der Waals surface area contributed by atoms with Crippen LogP contribution in [0.15, 0.2) is 55.1 Å². The van der Waals surface area contributed by atoms with Gasteiger partial charge < -0.3 is 10.6 Å². The van der Waals surface area contributed by atoms with Gasteiger partial charge in [-0.1, -0.05) is 29.8 Å². The molecule has 2 amide bonds. The fraction of sp³-hybridized carbons (Fsp3) is 0.200. The number of nitrogens with one attached hydrogen (secondary N) is 2. The number of aryl methyl sites for hydroxylation is 3. The molecule has 182 valence electrons. The molecule has 5 aromatic rings. The van der Waals surface area contributed by atoms with Crippen LogP contribution < -0.4 is 10.6 Å². The van der Waals surface area contributed by atoms with Gasteiger partial charge in [-0.25, -0.2) is 9.50 Å². The molecule has 11 heteroatoms. The van der Waals surface area contributed by atoms with Gasteiger partial charge in [0.2, 0.25) is 0 Å². The molecule has 0 bridgehead atoms. The van der Waals surface area contributed by atoms with Gasteiger partial charge >= 0.3 is 0 Å². The molecule has 0 saturated heterocycles. The van der Waals surface area contributed by atoms with Gasteiger partial charge in [-0.05, 0) is 26.8 Å². The van der Waals surface area contributed by atoms with Gasteiger partial charge in [0.1, 0.15) is 11.3 Å². The van der Waals surface area contributed by atoms with Crippen molar-refractivity contribution >= 4 is 28.8 Å². The van der Waals surface area contributed by atoms with Crippen LogP contribution in [-0.2, 0) is 13.6 Å². The Morgan fingerprint density at radius 3 is 2.31 bits per heavy atom. The maximum absolute atomic E-state index is 13.3. The Balaban J connectivity index is 1.45. The topological polar surface area (TPSA) is 124 Å². The van der Waals surface area contributed by atoms with E-state index in [1.54, 1.807) is 28.6 Å². The Morgan fingerprint density at radius 2 is 1.61 bits per heavy atom. The van der Waals surface area contributed by atoms with Crippen LogP contribution in [0.1, 0.15) is 39.0 Å². The lowest BCUT2D eigenvalue weighted by Gasteiger charge is -2.10. The fourth-order valence-corrected chi connectivity index (χ4v) is 3.94. The summed E-state index contributed by atoms with van der Waals surface area (Å²) in [6, 6.07) is 9.88. The Labute approximate surface area is 206 Å². The first-order valence-electron chi connectivity index (χ1n) is 11.4. The average molecular weight is 484 g/mol. The normalized spacial score (nSPS) is 11.1. The molecule has 0 aliphatic heterocycles. The van der Waals surface area contributed by atoms with Crippen molar-refractivity contribution in [1.29, 1.82) is 0 Å². The summed E-state index contributed by atoms with van der Waals surface area (Å²) in [6.45, 7) is 6.19. The second-order valence-corrected chi connectivity index (χ2v) is 8.39. The van der Waals surface area contributed by atoms with Gasteiger partial charge in [-0.2, -0.15) is 15.3 Å². The molecule has 2 N–H and O–H groups in total. The highest BCUT2D eigenvalue weighted by Gasteiger charge is 2.23. The van der Waals surface area contributed by atoms with E-state index in [-0.39, 0.29) is 16.9 Å². The van der Waals surface area contributed by atoms with E-state index in [0.29, 0.717) is 17.9 Å². The van der Waals surface area contributed by atoms with Gasteiger partial charge in [0, 0.05) is 25.4 Å². The molecule has 0 aliphatic rings. The van der Waals surface area contributed by atoms with Gasteiger partial charge in [0.25, 0.3) is 11.8 Å². The molecule has 0 atom stereocenters. The van der Waals surface area contributed by atoms with E-state index in [1.807, 2.05) is 51.1 Å². The number of rotatable bonds is 6. The molecule has 4 heterocycles. The zero-order valence-corrected chi connectivity index (χ0v) is 20.4. The van der Waals surface area contributed by atoms with Crippen LogP contribution in [0.3, 0.4) is 0 Å². The van der Waals surface area contributed by atoms with Crippen LogP contribution in [0.4, 0.5) is 11.4 Å². The summed E-state index contributed by atoms with van der Waals surface area (Å²) in [4.78, 5) is 30.8. The molecule has 0 fully saturated rings. The largest absolute Gasteiger partial charge is 0.318 e. The van der Waals surface area contributed by atoms with Crippen LogP contribution in [0, 0.1) is 13.8 Å². The Kier molecular flexibility index (Phi) is 5.80. The molecule has 4 aromatic heterocycles. The van der Waals surface area contributed by atoms with Crippen LogP contribution in [0.2, 0.25) is 0 Å². The van der Waals surface area contributed by atoms with E-state index in [0.717, 1.165) is 22.5 Å². The van der Waals surface area contributed by atoms with E-state index in [4.69, 9.17) is 0 Å². The van der Waals surface area contributed by atoms with Gasteiger partial charge in [-0.3, -0.25) is 19.0 Å². The number of carbonyl (C=O) groups excluding carboxylic acids is 2. The molecule has 0 radical (unpaired) electrons. The summed E-state index contributed by atoms with van der Waals surface area (Å²) >= 11 is 0. The minimum absolute atomic E-state index is 0.235. The monoisotopic (exact) mass is 483 g/mol. The number of hydrogen-bond donors (Lipinski definition) is 2. The van der Waals surface area contributed by atoms with Crippen LogP contribution >= 0.6 is 0 Å². The first-order chi connectivity index (χ1) is 17.4. The number of anilines is 2. The summed E-state index contributed by atoms with van der Waals surface area (Å²) in [5, 5.41) is 18.5. The maximum atomic E-state index is 13.3. The molecular formula is C25H25N9O2. The molecule has 0 saturated carbocycles. The van der Waals surface area contributed by atoms with Crippen molar-refractivity contribution in [2.45, 2.75) is 27.3 Å². The Morgan fingerprint density at radius 1 is 0.889 bits per heavy atom. The summed E-state index contributed by atoms with van der Waals surface area (Å²) in [5.74, 6) is -0.846. The molecule has 0 aliphatic carbocycles. The maximum Gasteiger partial charge on any atom is 0.276 e. The molecular weight excluding hydrogens is 458 g/mol. The predicted molar refractivity (Wildman–Crippen MR) is 135 cm³/mol. The number of benzene rings is 1. The van der Waals surface area contributed by atoms with Crippen LogP contribution in [0.5, 0.6) is 0 Å². The van der Waals surface area contributed by atoms with Crippen molar-refractivity contribution in [3.63, 3.8) is 0 Å². The van der Waals surface area contributed by atoms with Crippen LogP contribution in [-0.4, -0.2) is 46.0 Å². The third kappa shape index (κ3) is 4.00. The molecule has 1 aromatic carbocycles. The Bertz CT molecular complexity index is 1590. The fourth-order valence-electron chi connectivity index (χ4n) is 3.94. The quantitative estimate of drug-likeness (QED) is 0.381. The first-order valence-corrected chi connectivity index (χ1v) is 11.4. The molecule has 0 unspecified atom stereocenters. The summed E-state index contributed by atoms with van der Waals surface area (Å²) in [7, 11) is 1.79. The van der Waals surface area contributed by atoms with Crippen molar-refractivity contribution in [3.8, 4) is 11.3 Å². The third-order valence-electron chi connectivity index (χ3n) is 6.08. The van der Waals surface area contributed by atoms with Gasteiger partial charge in [0.05, 0.1) is 41.4 Å². The minimum Gasteiger partial charge on any atom is -0.318 e. The highest BCUT2D eigenvalue weighted by Crippen LogP contribution is 2.24. The lowest BCUT2D eigenvalue weighted by molar-refractivity contribution is 0.101. The van der Waals surface area contributed by atoms with Crippen molar-refractivity contribution in [2.24, 2.45) is 7.05 Å². The van der Waals surface area contributed by atoms with E-state index in [2.05, 4.69) is 30.9 Å². The second kappa shape index (κ2) is 9.10. The number of aromatic nitrogens is 7. The summed E-state index contributed by atoms with van der Waals surface area (Å²) in [6.07, 6.45) is 6.16. The number of carbonyl (C=O) groups is 2.